The summed E-state index contributed by atoms with van der Waals surface area (Å²) in [7, 11) is -4.02. The number of aromatic nitrogens is 3. The minimum atomic E-state index is -4.02. The molecule has 0 bridgehead atoms. The lowest BCUT2D eigenvalue weighted by Crippen LogP contribution is -2.19. The van der Waals surface area contributed by atoms with Crippen LogP contribution in [0, 0.1) is 10.1 Å². The number of hydrogen-bond donors (Lipinski definition) is 1. The monoisotopic (exact) mass is 317 g/mol. The molecule has 0 saturated carbocycles. The van der Waals surface area contributed by atoms with Gasteiger partial charge in [0.1, 0.15) is 0 Å². The molecule has 0 unspecified atom stereocenters. The fourth-order valence-corrected chi connectivity index (χ4v) is 3.18. The summed E-state index contributed by atoms with van der Waals surface area (Å²) in [6, 6.07) is 2.56. The summed E-state index contributed by atoms with van der Waals surface area (Å²) in [5.41, 5.74) is 0. The Morgan fingerprint density at radius 2 is 2.05 bits per heavy atom. The van der Waals surface area contributed by atoms with Gasteiger partial charge in [-0.2, -0.15) is 0 Å². The zero-order valence-corrected chi connectivity index (χ0v) is 12.2. The summed E-state index contributed by atoms with van der Waals surface area (Å²) in [6.07, 6.45) is 0. The van der Waals surface area contributed by atoms with Gasteiger partial charge in [-0.25, -0.2) is 13.6 Å². The van der Waals surface area contributed by atoms with E-state index in [1.165, 1.54) is 16.7 Å². The molecular weight excluding hydrogens is 306 g/mol. The van der Waals surface area contributed by atoms with Gasteiger partial charge in [0, 0.05) is 12.1 Å². The van der Waals surface area contributed by atoms with E-state index in [0.29, 0.717) is 4.88 Å². The molecule has 11 heteroatoms. The number of hydrogen-bond acceptors (Lipinski definition) is 7. The van der Waals surface area contributed by atoms with Gasteiger partial charge in [0.2, 0.25) is 0 Å². The first-order valence-corrected chi connectivity index (χ1v) is 7.80. The Balaban J connectivity index is 2.62. The molecular formula is C9H11N5O4S2. The number of nitrogens with zero attached hydrogens (tertiary/aromatic N) is 4. The maximum absolute atomic E-state index is 11.5. The van der Waals surface area contributed by atoms with Gasteiger partial charge in [0.15, 0.2) is 5.82 Å². The molecule has 0 amide bonds. The second-order valence-electron chi connectivity index (χ2n) is 4.21. The highest BCUT2D eigenvalue weighted by atomic mass is 32.2. The van der Waals surface area contributed by atoms with Crippen molar-refractivity contribution in [1.82, 2.24) is 14.8 Å². The van der Waals surface area contributed by atoms with Crippen LogP contribution in [0.15, 0.2) is 17.3 Å². The Morgan fingerprint density at radius 1 is 1.40 bits per heavy atom. The molecule has 0 aliphatic rings. The predicted molar refractivity (Wildman–Crippen MR) is 71.7 cm³/mol. The number of thiophene rings is 1. The fourth-order valence-electron chi connectivity index (χ4n) is 1.65. The van der Waals surface area contributed by atoms with Crippen molar-refractivity contribution in [1.29, 1.82) is 0 Å². The van der Waals surface area contributed by atoms with Crippen LogP contribution in [0.25, 0.3) is 10.7 Å². The van der Waals surface area contributed by atoms with E-state index in [0.717, 1.165) is 11.3 Å². The molecule has 0 spiro atoms. The van der Waals surface area contributed by atoms with Crippen LogP contribution in [0.1, 0.15) is 19.9 Å². The zero-order valence-electron chi connectivity index (χ0n) is 10.5. The molecule has 2 rings (SSSR count). The number of sulfonamides is 1. The molecule has 20 heavy (non-hydrogen) atoms. The van der Waals surface area contributed by atoms with Crippen LogP contribution in [-0.4, -0.2) is 28.1 Å². The Bertz CT molecular complexity index is 761. The third kappa shape index (κ3) is 2.55. The predicted octanol–water partition coefficient (Wildman–Crippen LogP) is 1.14. The largest absolute Gasteiger partial charge is 0.324 e. The first-order chi connectivity index (χ1) is 9.21. The van der Waals surface area contributed by atoms with Crippen molar-refractivity contribution in [2.24, 2.45) is 5.14 Å². The minimum absolute atomic E-state index is 0.0598. The highest BCUT2D eigenvalue weighted by molar-refractivity contribution is 7.89. The van der Waals surface area contributed by atoms with Gasteiger partial charge in [-0.3, -0.25) is 14.7 Å². The SMILES string of the molecule is CC(C)n1c(-c2ccc([N+](=O)[O-])s2)nnc1S(N)(=O)=O. The van der Waals surface area contributed by atoms with E-state index in [4.69, 9.17) is 5.14 Å². The summed E-state index contributed by atoms with van der Waals surface area (Å²) in [6.45, 7) is 3.48. The van der Waals surface area contributed by atoms with Crippen molar-refractivity contribution in [3.8, 4) is 10.7 Å². The average molecular weight is 317 g/mol. The van der Waals surface area contributed by atoms with Crippen molar-refractivity contribution in [3.63, 3.8) is 0 Å². The highest BCUT2D eigenvalue weighted by Gasteiger charge is 2.25. The number of rotatable bonds is 4. The zero-order chi connectivity index (χ0) is 15.1. The van der Waals surface area contributed by atoms with Crippen LogP contribution in [-0.2, 0) is 10.0 Å². The van der Waals surface area contributed by atoms with Crippen molar-refractivity contribution in [2.75, 3.05) is 0 Å². The molecule has 2 heterocycles. The van der Waals surface area contributed by atoms with E-state index in [2.05, 4.69) is 10.2 Å². The maximum atomic E-state index is 11.5. The van der Waals surface area contributed by atoms with Crippen LogP contribution < -0.4 is 5.14 Å². The van der Waals surface area contributed by atoms with Gasteiger partial charge in [-0.15, -0.1) is 10.2 Å². The first kappa shape index (κ1) is 14.6. The van der Waals surface area contributed by atoms with Gasteiger partial charge in [0.25, 0.3) is 15.2 Å². The van der Waals surface area contributed by atoms with Crippen LogP contribution in [0.4, 0.5) is 5.00 Å². The van der Waals surface area contributed by atoms with Crippen LogP contribution in [0.3, 0.4) is 0 Å². The fraction of sp³-hybridized carbons (Fsp3) is 0.333. The van der Waals surface area contributed by atoms with Gasteiger partial charge in [0.05, 0.1) is 9.80 Å². The van der Waals surface area contributed by atoms with E-state index < -0.39 is 14.9 Å². The van der Waals surface area contributed by atoms with Gasteiger partial charge in [-0.1, -0.05) is 11.3 Å². The van der Waals surface area contributed by atoms with E-state index in [1.807, 2.05) is 0 Å². The minimum Gasteiger partial charge on any atom is -0.294 e. The van der Waals surface area contributed by atoms with Gasteiger partial charge in [-0.05, 0) is 19.9 Å². The quantitative estimate of drug-likeness (QED) is 0.663. The third-order valence-corrected chi connectivity index (χ3v) is 4.25. The number of primary sulfonamides is 1. The summed E-state index contributed by atoms with van der Waals surface area (Å²) in [5, 5.41) is 22.7. The van der Waals surface area contributed by atoms with Crippen LogP contribution >= 0.6 is 11.3 Å². The molecule has 0 saturated heterocycles. The molecule has 0 atom stereocenters. The van der Waals surface area contributed by atoms with Crippen LogP contribution in [0.2, 0.25) is 0 Å². The molecule has 0 aliphatic carbocycles. The van der Waals surface area contributed by atoms with Crippen molar-refractivity contribution >= 4 is 26.4 Å². The van der Waals surface area contributed by atoms with Crippen molar-refractivity contribution in [3.05, 3.63) is 22.2 Å². The van der Waals surface area contributed by atoms with E-state index >= 15 is 0 Å². The lowest BCUT2D eigenvalue weighted by atomic mass is 10.3. The van der Waals surface area contributed by atoms with Crippen LogP contribution in [0.5, 0.6) is 0 Å². The van der Waals surface area contributed by atoms with Crippen molar-refractivity contribution < 1.29 is 13.3 Å². The number of nitro groups is 1. The molecule has 108 valence electrons. The normalized spacial score (nSPS) is 12.0. The number of nitrogens with two attached hydrogens (primary N) is 1. The van der Waals surface area contributed by atoms with E-state index in [9.17, 15) is 18.5 Å². The smallest absolute Gasteiger partial charge is 0.294 e. The standard InChI is InChI=1S/C9H11N5O4S2/c1-5(2)13-8(11-12-9(13)20(10,17)18)6-3-4-7(19-6)14(15)16/h3-5H,1-2H3,(H2,10,17,18). The molecule has 2 aromatic heterocycles. The maximum Gasteiger partial charge on any atom is 0.324 e. The lowest BCUT2D eigenvalue weighted by molar-refractivity contribution is -0.380. The molecule has 0 aromatic carbocycles. The Morgan fingerprint density at radius 3 is 2.50 bits per heavy atom. The Kier molecular flexibility index (Phi) is 3.58. The first-order valence-electron chi connectivity index (χ1n) is 5.44. The van der Waals surface area contributed by atoms with Gasteiger partial charge < -0.3 is 0 Å². The Hall–Kier alpha value is -1.85. The van der Waals surface area contributed by atoms with Crippen molar-refractivity contribution in [2.45, 2.75) is 25.0 Å². The third-order valence-electron chi connectivity index (χ3n) is 2.43. The molecule has 0 fully saturated rings. The molecule has 0 aliphatic heterocycles. The molecule has 9 nitrogen and oxygen atoms in total. The second-order valence-corrected chi connectivity index (χ2v) is 6.73. The summed E-state index contributed by atoms with van der Waals surface area (Å²) >= 11 is 0.892. The average Bonchev–Trinajstić information content (AvgIpc) is 2.94. The highest BCUT2D eigenvalue weighted by Crippen LogP contribution is 2.33. The topological polar surface area (TPSA) is 134 Å². The second kappa shape index (κ2) is 4.92. The molecule has 2 N–H and O–H groups in total. The molecule has 0 radical (unpaired) electrons. The summed E-state index contributed by atoms with van der Waals surface area (Å²) in [5.74, 6) is 0.238. The molecule has 2 aromatic rings. The summed E-state index contributed by atoms with van der Waals surface area (Å²) < 4.78 is 24.3. The van der Waals surface area contributed by atoms with E-state index in [1.54, 1.807) is 13.8 Å². The van der Waals surface area contributed by atoms with Gasteiger partial charge >= 0.3 is 5.00 Å². The Labute approximate surface area is 118 Å². The lowest BCUT2D eigenvalue weighted by Gasteiger charge is -2.11. The summed E-state index contributed by atoms with van der Waals surface area (Å²) in [4.78, 5) is 10.6. The van der Waals surface area contributed by atoms with E-state index in [-0.39, 0.29) is 22.0 Å².